The Bertz CT molecular complexity index is 347. The van der Waals surface area contributed by atoms with E-state index in [4.69, 9.17) is 10.2 Å². The van der Waals surface area contributed by atoms with E-state index in [2.05, 4.69) is 0 Å². The summed E-state index contributed by atoms with van der Waals surface area (Å²) in [6, 6.07) is 0. The fourth-order valence-electron chi connectivity index (χ4n) is 1.10. The molecule has 0 saturated carbocycles. The van der Waals surface area contributed by atoms with E-state index in [1.807, 2.05) is 0 Å². The molecule has 0 aliphatic heterocycles. The molecule has 0 spiro atoms. The van der Waals surface area contributed by atoms with Crippen molar-refractivity contribution in [1.82, 2.24) is 0 Å². The van der Waals surface area contributed by atoms with Gasteiger partial charge in [0.05, 0.1) is 6.10 Å². The Kier molecular flexibility index (Phi) is 5.06. The first-order chi connectivity index (χ1) is 7.60. The number of aliphatic carboxylic acids is 2. The maximum absolute atomic E-state index is 10.6. The zero-order valence-electron chi connectivity index (χ0n) is 9.84. The lowest BCUT2D eigenvalue weighted by molar-refractivity contribution is -0.133. The predicted molar refractivity (Wildman–Crippen MR) is 59.4 cm³/mol. The molecule has 0 aromatic carbocycles. The normalized spacial score (nSPS) is 18.4. The van der Waals surface area contributed by atoms with Crippen molar-refractivity contribution in [2.75, 3.05) is 0 Å². The SMILES string of the molecule is CC(=CC(O)(C=C(C)C(=O)O)C(C)O)C(=O)O. The summed E-state index contributed by atoms with van der Waals surface area (Å²) in [7, 11) is 0. The number of carbonyl (C=O) groups is 2. The fourth-order valence-corrected chi connectivity index (χ4v) is 1.10. The van der Waals surface area contributed by atoms with Gasteiger partial charge in [-0.25, -0.2) is 9.59 Å². The summed E-state index contributed by atoms with van der Waals surface area (Å²) in [5, 5.41) is 36.8. The Hall–Kier alpha value is -1.66. The van der Waals surface area contributed by atoms with Gasteiger partial charge in [-0.15, -0.1) is 0 Å². The average molecular weight is 244 g/mol. The van der Waals surface area contributed by atoms with E-state index < -0.39 is 23.6 Å². The van der Waals surface area contributed by atoms with Crippen LogP contribution in [-0.2, 0) is 9.59 Å². The molecule has 0 fully saturated rings. The number of rotatable bonds is 5. The second-order valence-corrected chi connectivity index (χ2v) is 3.83. The van der Waals surface area contributed by atoms with Crippen LogP contribution in [0.5, 0.6) is 0 Å². The van der Waals surface area contributed by atoms with Crippen molar-refractivity contribution in [3.63, 3.8) is 0 Å². The quantitative estimate of drug-likeness (QED) is 0.512. The van der Waals surface area contributed by atoms with E-state index in [0.29, 0.717) is 0 Å². The third-order valence-corrected chi connectivity index (χ3v) is 2.24. The lowest BCUT2D eigenvalue weighted by Crippen LogP contribution is -2.37. The average Bonchev–Trinajstić information content (AvgIpc) is 2.16. The number of carboxylic acids is 2. The summed E-state index contributed by atoms with van der Waals surface area (Å²) in [5.74, 6) is -2.52. The van der Waals surface area contributed by atoms with E-state index in [9.17, 15) is 19.8 Å². The Labute approximate surface area is 98.5 Å². The largest absolute Gasteiger partial charge is 0.478 e. The van der Waals surface area contributed by atoms with E-state index in [1.165, 1.54) is 20.8 Å². The van der Waals surface area contributed by atoms with Crippen LogP contribution in [-0.4, -0.2) is 44.1 Å². The molecule has 0 radical (unpaired) electrons. The van der Waals surface area contributed by atoms with E-state index in [1.54, 1.807) is 0 Å². The van der Waals surface area contributed by atoms with Crippen molar-refractivity contribution in [2.24, 2.45) is 0 Å². The zero-order valence-corrected chi connectivity index (χ0v) is 9.84. The van der Waals surface area contributed by atoms with Crippen LogP contribution in [0.25, 0.3) is 0 Å². The van der Waals surface area contributed by atoms with Crippen molar-refractivity contribution in [2.45, 2.75) is 32.5 Å². The van der Waals surface area contributed by atoms with Crippen LogP contribution in [0.15, 0.2) is 23.3 Å². The molecule has 4 N–H and O–H groups in total. The third-order valence-electron chi connectivity index (χ3n) is 2.24. The Morgan fingerprint density at radius 1 is 1.06 bits per heavy atom. The first-order valence-electron chi connectivity index (χ1n) is 4.86. The van der Waals surface area contributed by atoms with Crippen molar-refractivity contribution in [1.29, 1.82) is 0 Å². The topological polar surface area (TPSA) is 115 Å². The van der Waals surface area contributed by atoms with Crippen molar-refractivity contribution in [3.05, 3.63) is 23.3 Å². The summed E-state index contributed by atoms with van der Waals surface area (Å²) in [6.07, 6.45) is 0.477. The Balaban J connectivity index is 5.49. The van der Waals surface area contributed by atoms with Crippen LogP contribution in [0.2, 0.25) is 0 Å². The molecular formula is C11H16O6. The molecule has 0 aromatic rings. The highest BCUT2D eigenvalue weighted by atomic mass is 16.4. The van der Waals surface area contributed by atoms with Gasteiger partial charge in [0.15, 0.2) is 0 Å². The molecule has 0 amide bonds. The highest BCUT2D eigenvalue weighted by Crippen LogP contribution is 2.19. The second-order valence-electron chi connectivity index (χ2n) is 3.83. The highest BCUT2D eigenvalue weighted by Gasteiger charge is 2.29. The van der Waals surface area contributed by atoms with Crippen LogP contribution in [0.4, 0.5) is 0 Å². The minimum Gasteiger partial charge on any atom is -0.478 e. The predicted octanol–water partition coefficient (Wildman–Crippen LogP) is 0.160. The summed E-state index contributed by atoms with van der Waals surface area (Å²) < 4.78 is 0. The zero-order chi connectivity index (χ0) is 13.8. The maximum Gasteiger partial charge on any atom is 0.331 e. The van der Waals surface area contributed by atoms with Gasteiger partial charge in [-0.2, -0.15) is 0 Å². The molecule has 0 aromatic heterocycles. The van der Waals surface area contributed by atoms with Crippen molar-refractivity contribution < 1.29 is 30.0 Å². The first-order valence-corrected chi connectivity index (χ1v) is 4.86. The third kappa shape index (κ3) is 4.38. The molecule has 6 heteroatoms. The molecule has 1 unspecified atom stereocenters. The highest BCUT2D eigenvalue weighted by molar-refractivity contribution is 5.87. The monoisotopic (exact) mass is 244 g/mol. The summed E-state index contributed by atoms with van der Waals surface area (Å²) in [5.41, 5.74) is -2.41. The summed E-state index contributed by atoms with van der Waals surface area (Å²) in [4.78, 5) is 21.2. The molecule has 0 rings (SSSR count). The summed E-state index contributed by atoms with van der Waals surface area (Å²) in [6.45, 7) is 3.70. The van der Waals surface area contributed by atoms with Crippen LogP contribution < -0.4 is 0 Å². The number of carboxylic acid groups (broad SMARTS) is 2. The maximum atomic E-state index is 10.6. The first kappa shape index (κ1) is 15.3. The van der Waals surface area contributed by atoms with Gasteiger partial charge in [-0.3, -0.25) is 0 Å². The van der Waals surface area contributed by atoms with Gasteiger partial charge in [0.25, 0.3) is 0 Å². The minimum atomic E-state index is -2.02. The number of aliphatic hydroxyl groups excluding tert-OH is 1. The van der Waals surface area contributed by atoms with E-state index in [0.717, 1.165) is 12.2 Å². The van der Waals surface area contributed by atoms with Crippen molar-refractivity contribution in [3.8, 4) is 0 Å². The van der Waals surface area contributed by atoms with Crippen LogP contribution in [0.1, 0.15) is 20.8 Å². The molecule has 0 aliphatic carbocycles. The number of hydrogen-bond acceptors (Lipinski definition) is 4. The lowest BCUT2D eigenvalue weighted by Gasteiger charge is -2.25. The molecule has 1 atom stereocenters. The molecule has 0 bridgehead atoms. The lowest BCUT2D eigenvalue weighted by atomic mass is 9.92. The minimum absolute atomic E-state index is 0.192. The number of aliphatic hydroxyl groups is 2. The van der Waals surface area contributed by atoms with Gasteiger partial charge >= 0.3 is 11.9 Å². The summed E-state index contributed by atoms with van der Waals surface area (Å²) >= 11 is 0. The van der Waals surface area contributed by atoms with Gasteiger partial charge < -0.3 is 20.4 Å². The number of hydrogen-bond donors (Lipinski definition) is 4. The Morgan fingerprint density at radius 3 is 1.53 bits per heavy atom. The standard InChI is InChI=1S/C11H16O6/c1-6(9(13)14)4-11(17,8(3)12)5-7(2)10(15)16/h4-5,8,12,17H,1-3H3,(H,13,14)(H,15,16). The Morgan fingerprint density at radius 2 is 1.35 bits per heavy atom. The van der Waals surface area contributed by atoms with Gasteiger partial charge in [-0.1, -0.05) is 0 Å². The smallest absolute Gasteiger partial charge is 0.331 e. The molecule has 96 valence electrons. The molecule has 6 nitrogen and oxygen atoms in total. The van der Waals surface area contributed by atoms with Crippen LogP contribution >= 0.6 is 0 Å². The molecule has 0 aliphatic rings. The van der Waals surface area contributed by atoms with Gasteiger partial charge in [-0.05, 0) is 32.9 Å². The van der Waals surface area contributed by atoms with E-state index in [-0.39, 0.29) is 11.1 Å². The fraction of sp³-hybridized carbons (Fsp3) is 0.455. The molecule has 0 heterocycles. The van der Waals surface area contributed by atoms with E-state index >= 15 is 0 Å². The molecule has 17 heavy (non-hydrogen) atoms. The van der Waals surface area contributed by atoms with Gasteiger partial charge in [0, 0.05) is 11.1 Å². The van der Waals surface area contributed by atoms with Gasteiger partial charge in [0.2, 0.25) is 0 Å². The second kappa shape index (κ2) is 5.60. The van der Waals surface area contributed by atoms with Crippen LogP contribution in [0.3, 0.4) is 0 Å². The molecule has 0 saturated heterocycles. The molecular weight excluding hydrogens is 228 g/mol. The van der Waals surface area contributed by atoms with Gasteiger partial charge in [0.1, 0.15) is 5.60 Å². The van der Waals surface area contributed by atoms with Crippen LogP contribution in [0, 0.1) is 0 Å². The van der Waals surface area contributed by atoms with Crippen molar-refractivity contribution >= 4 is 11.9 Å².